The zero-order valence-electron chi connectivity index (χ0n) is 23.7. The highest BCUT2D eigenvalue weighted by Gasteiger charge is 2.48. The first-order chi connectivity index (χ1) is 19.7. The smallest absolute Gasteiger partial charge is 0.332 e. The Bertz CT molecular complexity index is 1480. The summed E-state index contributed by atoms with van der Waals surface area (Å²) in [7, 11) is 4.84. The molecule has 0 aliphatic rings. The van der Waals surface area contributed by atoms with Gasteiger partial charge in [0.15, 0.2) is 10.7 Å². The summed E-state index contributed by atoms with van der Waals surface area (Å²) in [5.41, 5.74) is 8.43. The number of benzene rings is 2. The third-order valence-corrected chi connectivity index (χ3v) is 7.55. The van der Waals surface area contributed by atoms with Crippen LogP contribution in [0.3, 0.4) is 0 Å². The van der Waals surface area contributed by atoms with Gasteiger partial charge in [-0.25, -0.2) is 9.78 Å². The number of hydrogen-bond donors (Lipinski definition) is 2. The molecule has 11 nitrogen and oxygen atoms in total. The van der Waals surface area contributed by atoms with Crippen molar-refractivity contribution in [3.05, 3.63) is 70.8 Å². The van der Waals surface area contributed by atoms with E-state index in [0.717, 1.165) is 40.9 Å². The van der Waals surface area contributed by atoms with Crippen LogP contribution in [0.15, 0.2) is 48.5 Å². The second kappa shape index (κ2) is 13.0. The summed E-state index contributed by atoms with van der Waals surface area (Å²) in [6.45, 7) is 2.51. The van der Waals surface area contributed by atoms with Gasteiger partial charge >= 0.3 is 5.97 Å². The maximum atomic E-state index is 13.5. The van der Waals surface area contributed by atoms with Crippen molar-refractivity contribution in [3.8, 4) is 22.5 Å². The normalized spacial score (nSPS) is 12.8. The van der Waals surface area contributed by atoms with Gasteiger partial charge in [0.1, 0.15) is 5.82 Å². The maximum absolute atomic E-state index is 13.5. The number of primary amides is 1. The molecule has 216 valence electrons. The third-order valence-electron chi connectivity index (χ3n) is 7.29. The number of amides is 1. The van der Waals surface area contributed by atoms with Gasteiger partial charge in [-0.05, 0) is 48.8 Å². The van der Waals surface area contributed by atoms with E-state index >= 15 is 0 Å². The van der Waals surface area contributed by atoms with Crippen LogP contribution < -0.4 is 5.73 Å². The van der Waals surface area contributed by atoms with Crippen molar-refractivity contribution in [1.82, 2.24) is 35.1 Å². The van der Waals surface area contributed by atoms with Crippen molar-refractivity contribution in [3.63, 3.8) is 0 Å². The molecule has 0 radical (unpaired) electrons. The van der Waals surface area contributed by atoms with Crippen molar-refractivity contribution in [1.29, 1.82) is 0 Å². The van der Waals surface area contributed by atoms with Crippen molar-refractivity contribution < 1.29 is 14.3 Å². The molecule has 0 aliphatic heterocycles. The average molecular weight is 579 g/mol. The number of likely N-dealkylation sites (N-methyl/N-ethyl adjacent to an activating group) is 1. The fourth-order valence-corrected chi connectivity index (χ4v) is 5.50. The minimum absolute atomic E-state index is 0.0342. The molecule has 2 heterocycles. The molecule has 2 aromatic heterocycles. The van der Waals surface area contributed by atoms with E-state index in [9.17, 15) is 9.59 Å². The fraction of sp³-hybridized carbons (Fsp3) is 0.379. The summed E-state index contributed by atoms with van der Waals surface area (Å²) < 4.78 is 7.26. The van der Waals surface area contributed by atoms with Gasteiger partial charge in [-0.2, -0.15) is 5.21 Å². The summed E-state index contributed by atoms with van der Waals surface area (Å²) in [4.78, 5) is 31.7. The Labute approximate surface area is 244 Å². The van der Waals surface area contributed by atoms with Gasteiger partial charge in [0, 0.05) is 24.9 Å². The van der Waals surface area contributed by atoms with Crippen LogP contribution >= 0.6 is 11.6 Å². The standard InChI is InChI=1S/C29H35ClN8O3/c1-5-6-11-24-32-26(30)25(29(37(2)3,28(40)41-4)17-16-23(31)39)38(24)18-19-12-14-20(15-13-19)21-9-7-8-10-22(21)27-33-35-36-34-27/h7-10,12-15H,5-6,11,16-18H2,1-4H3,(H2,31,39)(H,33,34,35,36)/t29-/m1/s1. The number of imidazole rings is 1. The van der Waals surface area contributed by atoms with Crippen LogP contribution in [0, 0.1) is 0 Å². The minimum atomic E-state index is -1.37. The number of esters is 1. The molecular weight excluding hydrogens is 544 g/mol. The minimum Gasteiger partial charge on any atom is -0.467 e. The monoisotopic (exact) mass is 578 g/mol. The SMILES string of the molecule is CCCCc1nc(Cl)c([C@](CCC(N)=O)(C(=O)OC)N(C)C)n1Cc1ccc(-c2ccccc2-c2nn[nH]n2)cc1. The number of aryl methyl sites for hydroxylation is 1. The van der Waals surface area contributed by atoms with Crippen molar-refractivity contribution in [2.75, 3.05) is 21.2 Å². The molecule has 1 amide bonds. The molecule has 0 bridgehead atoms. The highest BCUT2D eigenvalue weighted by atomic mass is 35.5. The zero-order valence-corrected chi connectivity index (χ0v) is 24.5. The number of carbonyl (C=O) groups excluding carboxylic acids is 2. The number of hydrogen-bond acceptors (Lipinski definition) is 8. The Morgan fingerprint density at radius 1 is 1.12 bits per heavy atom. The third kappa shape index (κ3) is 6.15. The molecule has 4 rings (SSSR count). The molecule has 0 aliphatic carbocycles. The number of aromatic nitrogens is 6. The lowest BCUT2D eigenvalue weighted by Gasteiger charge is -2.38. The molecule has 0 unspecified atom stereocenters. The van der Waals surface area contributed by atoms with E-state index in [1.807, 2.05) is 53.1 Å². The molecule has 0 fully saturated rings. The number of rotatable bonds is 13. The molecule has 0 saturated carbocycles. The largest absolute Gasteiger partial charge is 0.467 e. The number of nitrogens with two attached hydrogens (primary N) is 1. The van der Waals surface area contributed by atoms with E-state index in [-0.39, 0.29) is 18.0 Å². The zero-order chi connectivity index (χ0) is 29.6. The van der Waals surface area contributed by atoms with Gasteiger partial charge in [0.25, 0.3) is 0 Å². The van der Waals surface area contributed by atoms with Gasteiger partial charge in [0.05, 0.1) is 12.8 Å². The topological polar surface area (TPSA) is 145 Å². The van der Waals surface area contributed by atoms with E-state index in [2.05, 4.69) is 27.5 Å². The quantitative estimate of drug-likeness (QED) is 0.227. The highest BCUT2D eigenvalue weighted by molar-refractivity contribution is 6.30. The van der Waals surface area contributed by atoms with Gasteiger partial charge in [-0.3, -0.25) is 9.69 Å². The summed E-state index contributed by atoms with van der Waals surface area (Å²) in [5.74, 6) is 0.210. The van der Waals surface area contributed by atoms with Crippen LogP contribution in [0.1, 0.15) is 49.7 Å². The molecule has 41 heavy (non-hydrogen) atoms. The van der Waals surface area contributed by atoms with Gasteiger partial charge in [-0.15, -0.1) is 10.2 Å². The number of carbonyl (C=O) groups is 2. The second-order valence-electron chi connectivity index (χ2n) is 10.0. The van der Waals surface area contributed by atoms with E-state index in [1.165, 1.54) is 7.11 Å². The van der Waals surface area contributed by atoms with Crippen LogP contribution in [0.5, 0.6) is 0 Å². The summed E-state index contributed by atoms with van der Waals surface area (Å²) in [6, 6.07) is 16.0. The summed E-state index contributed by atoms with van der Waals surface area (Å²) >= 11 is 6.81. The summed E-state index contributed by atoms with van der Waals surface area (Å²) in [5, 5.41) is 14.7. The Balaban J connectivity index is 1.79. The average Bonchev–Trinajstić information content (AvgIpc) is 3.61. The number of tetrazole rings is 1. The van der Waals surface area contributed by atoms with Crippen LogP contribution in [0.4, 0.5) is 0 Å². The molecule has 1 atom stereocenters. The Kier molecular flexibility index (Phi) is 9.51. The summed E-state index contributed by atoms with van der Waals surface area (Å²) in [6.07, 6.45) is 2.59. The molecular formula is C29H35ClN8O3. The highest BCUT2D eigenvalue weighted by Crippen LogP contribution is 2.39. The van der Waals surface area contributed by atoms with Crippen molar-refractivity contribution >= 4 is 23.5 Å². The number of unbranched alkanes of at least 4 members (excludes halogenated alkanes) is 1. The number of ether oxygens (including phenoxy) is 1. The lowest BCUT2D eigenvalue weighted by atomic mass is 9.87. The van der Waals surface area contributed by atoms with E-state index in [0.29, 0.717) is 24.5 Å². The predicted octanol–water partition coefficient (Wildman–Crippen LogP) is 3.97. The first kappa shape index (κ1) is 29.9. The molecule has 0 spiro atoms. The number of nitrogens with zero attached hydrogens (tertiary/aromatic N) is 6. The van der Waals surface area contributed by atoms with E-state index < -0.39 is 17.4 Å². The lowest BCUT2D eigenvalue weighted by Crippen LogP contribution is -2.51. The second-order valence-corrected chi connectivity index (χ2v) is 10.4. The fourth-order valence-electron chi connectivity index (χ4n) is 5.14. The Morgan fingerprint density at radius 3 is 2.41 bits per heavy atom. The predicted molar refractivity (Wildman–Crippen MR) is 156 cm³/mol. The number of H-pyrrole nitrogens is 1. The first-order valence-corrected chi connectivity index (χ1v) is 13.8. The first-order valence-electron chi connectivity index (χ1n) is 13.4. The Hall–Kier alpha value is -4.09. The molecule has 12 heteroatoms. The molecule has 2 aromatic carbocycles. The number of methoxy groups -OCH3 is 1. The Morgan fingerprint density at radius 2 is 1.83 bits per heavy atom. The van der Waals surface area contributed by atoms with Crippen LogP contribution in [0.2, 0.25) is 5.15 Å². The number of halogens is 1. The number of aromatic amines is 1. The molecule has 3 N–H and O–H groups in total. The van der Waals surface area contributed by atoms with Crippen LogP contribution in [-0.2, 0) is 32.8 Å². The van der Waals surface area contributed by atoms with Gasteiger partial charge in [-0.1, -0.05) is 73.5 Å². The molecule has 0 saturated heterocycles. The van der Waals surface area contributed by atoms with Crippen molar-refractivity contribution in [2.24, 2.45) is 5.73 Å². The molecule has 4 aromatic rings. The number of nitrogens with one attached hydrogen (secondary N) is 1. The van der Waals surface area contributed by atoms with Gasteiger partial charge in [0.2, 0.25) is 11.7 Å². The van der Waals surface area contributed by atoms with Crippen molar-refractivity contribution in [2.45, 2.75) is 51.1 Å². The van der Waals surface area contributed by atoms with Crippen LogP contribution in [-0.4, -0.2) is 68.2 Å². The van der Waals surface area contributed by atoms with E-state index in [4.69, 9.17) is 27.1 Å². The lowest BCUT2D eigenvalue weighted by molar-refractivity contribution is -0.155. The van der Waals surface area contributed by atoms with Gasteiger partial charge < -0.3 is 15.0 Å². The van der Waals surface area contributed by atoms with Crippen LogP contribution in [0.25, 0.3) is 22.5 Å². The maximum Gasteiger partial charge on any atom is 0.332 e. The van der Waals surface area contributed by atoms with E-state index in [1.54, 1.807) is 19.0 Å².